The van der Waals surface area contributed by atoms with Crippen LogP contribution in [0.3, 0.4) is 0 Å². The highest BCUT2D eigenvalue weighted by Crippen LogP contribution is 2.37. The third-order valence-corrected chi connectivity index (χ3v) is 9.16. The summed E-state index contributed by atoms with van der Waals surface area (Å²) in [5.41, 5.74) is 10.3. The quantitative estimate of drug-likeness (QED) is 0.229. The van der Waals surface area contributed by atoms with E-state index in [1.54, 1.807) is 5.57 Å². The van der Waals surface area contributed by atoms with Crippen LogP contribution in [-0.2, 0) is 0 Å². The second kappa shape index (κ2) is 10.5. The first-order chi connectivity index (χ1) is 20.8. The average Bonchev–Trinajstić information content (AvgIpc) is 3.39. The molecule has 2 heteroatoms. The molecule has 0 spiro atoms. The van der Waals surface area contributed by atoms with Crippen molar-refractivity contribution < 1.29 is 0 Å². The number of anilines is 1. The molecule has 0 bridgehead atoms. The van der Waals surface area contributed by atoms with Crippen LogP contribution >= 0.6 is 0 Å². The summed E-state index contributed by atoms with van der Waals surface area (Å²) >= 11 is 0. The van der Waals surface area contributed by atoms with Crippen molar-refractivity contribution in [2.45, 2.75) is 32.1 Å². The Morgan fingerprint density at radius 1 is 0.690 bits per heavy atom. The topological polar surface area (TPSA) is 17.0 Å². The molecule has 0 saturated heterocycles. The summed E-state index contributed by atoms with van der Waals surface area (Å²) in [5, 5.41) is 8.90. The predicted molar refractivity (Wildman–Crippen MR) is 179 cm³/mol. The second-order valence-electron chi connectivity index (χ2n) is 11.7. The van der Waals surface area contributed by atoms with Crippen LogP contribution in [0, 0.1) is 5.92 Å². The average molecular weight is 543 g/mol. The lowest BCUT2D eigenvalue weighted by Gasteiger charge is -2.26. The summed E-state index contributed by atoms with van der Waals surface area (Å²) in [4.78, 5) is 0. The Bertz CT molecular complexity index is 2050. The van der Waals surface area contributed by atoms with Gasteiger partial charge in [-0.2, -0.15) is 0 Å². The van der Waals surface area contributed by atoms with E-state index in [0.29, 0.717) is 5.92 Å². The van der Waals surface area contributed by atoms with Gasteiger partial charge in [0.1, 0.15) is 0 Å². The molecule has 0 aliphatic heterocycles. The lowest BCUT2D eigenvalue weighted by molar-refractivity contribution is 0.521. The van der Waals surface area contributed by atoms with Crippen LogP contribution in [0.25, 0.3) is 49.4 Å². The molecule has 204 valence electrons. The summed E-state index contributed by atoms with van der Waals surface area (Å²) in [6, 6.07) is 39.9. The molecule has 0 fully saturated rings. The number of aromatic nitrogens is 1. The van der Waals surface area contributed by atoms with E-state index in [1.165, 1.54) is 74.4 Å². The van der Waals surface area contributed by atoms with Crippen LogP contribution in [0.2, 0.25) is 0 Å². The van der Waals surface area contributed by atoms with Gasteiger partial charge in [-0.25, -0.2) is 0 Å². The fraction of sp³-hybridized carbons (Fsp3) is 0.150. The number of benzene rings is 5. The minimum atomic E-state index is 0.694. The van der Waals surface area contributed by atoms with E-state index in [-0.39, 0.29) is 0 Å². The van der Waals surface area contributed by atoms with Crippen molar-refractivity contribution >= 4 is 38.3 Å². The highest BCUT2D eigenvalue weighted by atomic mass is 15.0. The van der Waals surface area contributed by atoms with Gasteiger partial charge >= 0.3 is 0 Å². The van der Waals surface area contributed by atoms with Gasteiger partial charge in [0.15, 0.2) is 0 Å². The third kappa shape index (κ3) is 4.44. The molecule has 42 heavy (non-hydrogen) atoms. The van der Waals surface area contributed by atoms with E-state index in [0.717, 1.165) is 18.5 Å². The van der Waals surface area contributed by atoms with Crippen molar-refractivity contribution in [1.82, 2.24) is 4.57 Å². The molecule has 0 radical (unpaired) electrons. The summed E-state index contributed by atoms with van der Waals surface area (Å²) in [7, 11) is 0. The number of rotatable bonds is 5. The van der Waals surface area contributed by atoms with Gasteiger partial charge in [0.25, 0.3) is 0 Å². The molecular weight excluding hydrogens is 508 g/mol. The van der Waals surface area contributed by atoms with Crippen molar-refractivity contribution in [3.05, 3.63) is 145 Å². The van der Waals surface area contributed by atoms with Gasteiger partial charge in [-0.15, -0.1) is 0 Å². The van der Waals surface area contributed by atoms with E-state index in [4.69, 9.17) is 0 Å². The minimum absolute atomic E-state index is 0.694. The number of fused-ring (bicyclic) bond motifs is 4. The zero-order chi connectivity index (χ0) is 27.9. The van der Waals surface area contributed by atoms with Crippen LogP contribution in [0.4, 0.5) is 5.69 Å². The van der Waals surface area contributed by atoms with Gasteiger partial charge in [-0.3, -0.25) is 0 Å². The van der Waals surface area contributed by atoms with Gasteiger partial charge in [-0.1, -0.05) is 109 Å². The summed E-state index contributed by atoms with van der Waals surface area (Å²) < 4.78 is 2.43. The van der Waals surface area contributed by atoms with E-state index in [2.05, 4.69) is 143 Å². The molecule has 2 aliphatic carbocycles. The van der Waals surface area contributed by atoms with E-state index in [1.807, 2.05) is 0 Å². The van der Waals surface area contributed by atoms with Crippen molar-refractivity contribution in [2.24, 2.45) is 5.92 Å². The van der Waals surface area contributed by atoms with Crippen LogP contribution in [0.5, 0.6) is 0 Å². The van der Waals surface area contributed by atoms with Gasteiger partial charge in [0, 0.05) is 27.8 Å². The highest BCUT2D eigenvalue weighted by molar-refractivity contribution is 6.10. The molecule has 5 aromatic carbocycles. The van der Waals surface area contributed by atoms with Crippen LogP contribution < -0.4 is 5.32 Å². The maximum Gasteiger partial charge on any atom is 0.0561 e. The zero-order valence-electron chi connectivity index (χ0n) is 23.8. The van der Waals surface area contributed by atoms with Gasteiger partial charge < -0.3 is 9.88 Å². The molecule has 1 unspecified atom stereocenters. The second-order valence-corrected chi connectivity index (χ2v) is 11.7. The summed E-state index contributed by atoms with van der Waals surface area (Å²) in [6.45, 7) is 0. The van der Waals surface area contributed by atoms with E-state index < -0.39 is 0 Å². The highest BCUT2D eigenvalue weighted by Gasteiger charge is 2.19. The van der Waals surface area contributed by atoms with Crippen molar-refractivity contribution in [3.8, 4) is 16.8 Å². The predicted octanol–water partition coefficient (Wildman–Crippen LogP) is 11.0. The molecule has 1 heterocycles. The molecule has 0 saturated carbocycles. The number of hydrogen-bond donors (Lipinski definition) is 1. The minimum Gasteiger partial charge on any atom is -0.359 e. The smallest absolute Gasteiger partial charge is 0.0561 e. The largest absolute Gasteiger partial charge is 0.359 e. The SMILES string of the molecule is C1=CCCC(C2CC=C(Nc3ccc4c5ccccc5n(-c5cccc(-c6cccc7ccccc67)c5)c4c3)CC2)=C1. The molecule has 2 nitrogen and oxygen atoms in total. The van der Waals surface area contributed by atoms with E-state index >= 15 is 0 Å². The summed E-state index contributed by atoms with van der Waals surface area (Å²) in [5.74, 6) is 0.694. The van der Waals surface area contributed by atoms with E-state index in [9.17, 15) is 0 Å². The fourth-order valence-corrected chi connectivity index (χ4v) is 7.05. The first-order valence-corrected chi connectivity index (χ1v) is 15.3. The standard InChI is InChI=1S/C40H34N2/c1-2-10-28(11-3-1)29-20-22-32(23-21-29)41-33-24-25-38-37-17-6-7-19-39(37)42(40(38)27-33)34-15-8-14-31(26-34)36-18-9-13-30-12-4-5-16-35(30)36/h1-2,4-10,12-19,22,24-27,29,41H,3,11,20-21,23H2. The number of para-hydroxylation sites is 1. The van der Waals surface area contributed by atoms with Gasteiger partial charge in [-0.05, 0) is 90.3 Å². The number of nitrogens with zero attached hydrogens (tertiary/aromatic N) is 1. The third-order valence-electron chi connectivity index (χ3n) is 9.16. The normalized spacial score (nSPS) is 17.0. The Morgan fingerprint density at radius 3 is 2.40 bits per heavy atom. The molecule has 1 N–H and O–H groups in total. The first-order valence-electron chi connectivity index (χ1n) is 15.3. The van der Waals surface area contributed by atoms with Crippen LogP contribution in [-0.4, -0.2) is 4.57 Å². The van der Waals surface area contributed by atoms with Crippen LogP contribution in [0.1, 0.15) is 32.1 Å². The fourth-order valence-electron chi connectivity index (χ4n) is 7.05. The monoisotopic (exact) mass is 542 g/mol. The molecule has 0 amide bonds. The molecule has 6 aromatic rings. The molecular formula is C40H34N2. The molecule has 2 aliphatic rings. The van der Waals surface area contributed by atoms with Crippen molar-refractivity contribution in [2.75, 3.05) is 5.32 Å². The Labute approximate surface area is 247 Å². The van der Waals surface area contributed by atoms with Gasteiger partial charge in [0.2, 0.25) is 0 Å². The first kappa shape index (κ1) is 24.9. The number of allylic oxidation sites excluding steroid dienone is 6. The zero-order valence-corrected chi connectivity index (χ0v) is 23.8. The van der Waals surface area contributed by atoms with Crippen molar-refractivity contribution in [3.63, 3.8) is 0 Å². The van der Waals surface area contributed by atoms with Crippen molar-refractivity contribution in [1.29, 1.82) is 0 Å². The Morgan fingerprint density at radius 2 is 1.52 bits per heavy atom. The number of nitrogens with one attached hydrogen (secondary N) is 1. The van der Waals surface area contributed by atoms with Gasteiger partial charge in [0.05, 0.1) is 11.0 Å². The summed E-state index contributed by atoms with van der Waals surface area (Å²) in [6.07, 6.45) is 15.2. The molecule has 1 atom stereocenters. The number of hydrogen-bond acceptors (Lipinski definition) is 1. The molecule has 8 rings (SSSR count). The molecule has 1 aromatic heterocycles. The maximum absolute atomic E-state index is 3.79. The Hall–Kier alpha value is -4.82. The maximum atomic E-state index is 3.79. The van der Waals surface area contributed by atoms with Crippen LogP contribution in [0.15, 0.2) is 145 Å². The lowest BCUT2D eigenvalue weighted by atomic mass is 9.83. The Balaban J connectivity index is 1.18. The Kier molecular flexibility index (Phi) is 6.26. The lowest BCUT2D eigenvalue weighted by Crippen LogP contribution is -2.13.